The average Bonchev–Trinajstić information content (AvgIpc) is 2.70. The fraction of sp³-hybridized carbons (Fsp3) is 0.381. The SMILES string of the molecule is CCNCC1CCN(C(=O)c2ccc(-c3cc(F)c(F)c(F)c3)cc2)CC1. The summed E-state index contributed by atoms with van der Waals surface area (Å²) in [5.41, 5.74) is 1.29. The summed E-state index contributed by atoms with van der Waals surface area (Å²) in [6, 6.07) is 8.42. The Kier molecular flexibility index (Phi) is 6.16. The zero-order chi connectivity index (χ0) is 19.4. The number of hydrogen-bond acceptors (Lipinski definition) is 2. The van der Waals surface area contributed by atoms with Gasteiger partial charge in [-0.15, -0.1) is 0 Å². The van der Waals surface area contributed by atoms with Gasteiger partial charge in [0, 0.05) is 18.7 Å². The Labute approximate surface area is 157 Å². The van der Waals surface area contributed by atoms with Gasteiger partial charge in [0.1, 0.15) is 0 Å². The van der Waals surface area contributed by atoms with E-state index in [1.54, 1.807) is 24.3 Å². The first-order valence-corrected chi connectivity index (χ1v) is 9.24. The molecule has 0 bridgehead atoms. The molecule has 1 amide bonds. The first-order chi connectivity index (χ1) is 13.0. The number of carbonyl (C=O) groups is 1. The summed E-state index contributed by atoms with van der Waals surface area (Å²) in [7, 11) is 0. The monoisotopic (exact) mass is 376 g/mol. The number of halogens is 3. The van der Waals surface area contributed by atoms with Crippen molar-refractivity contribution in [2.45, 2.75) is 19.8 Å². The van der Waals surface area contributed by atoms with Crippen LogP contribution in [0.5, 0.6) is 0 Å². The predicted molar refractivity (Wildman–Crippen MR) is 98.9 cm³/mol. The van der Waals surface area contributed by atoms with E-state index in [4.69, 9.17) is 0 Å². The lowest BCUT2D eigenvalue weighted by Crippen LogP contribution is -2.40. The van der Waals surface area contributed by atoms with Crippen molar-refractivity contribution in [2.24, 2.45) is 5.92 Å². The second-order valence-corrected chi connectivity index (χ2v) is 6.87. The van der Waals surface area contributed by atoms with E-state index in [1.165, 1.54) is 0 Å². The van der Waals surface area contributed by atoms with Gasteiger partial charge in [0.25, 0.3) is 5.91 Å². The van der Waals surface area contributed by atoms with Gasteiger partial charge >= 0.3 is 0 Å². The Bertz CT molecular complexity index is 777. The van der Waals surface area contributed by atoms with Gasteiger partial charge in [0.2, 0.25) is 0 Å². The predicted octanol–water partition coefficient (Wildman–Crippen LogP) is 4.23. The molecule has 0 unspecified atom stereocenters. The van der Waals surface area contributed by atoms with Crippen LogP contribution < -0.4 is 5.32 Å². The van der Waals surface area contributed by atoms with Gasteiger partial charge < -0.3 is 10.2 Å². The van der Waals surface area contributed by atoms with Crippen molar-refractivity contribution in [3.05, 3.63) is 59.4 Å². The number of nitrogens with one attached hydrogen (secondary N) is 1. The van der Waals surface area contributed by atoms with Gasteiger partial charge in [-0.1, -0.05) is 19.1 Å². The third kappa shape index (κ3) is 4.50. The minimum absolute atomic E-state index is 0.0417. The standard InChI is InChI=1S/C21H23F3N2O/c1-2-25-13-14-7-9-26(10-8-14)21(27)16-5-3-15(4-6-16)17-11-18(22)20(24)19(23)12-17/h3-6,11-12,14,25H,2,7-10,13H2,1H3. The summed E-state index contributed by atoms with van der Waals surface area (Å²) < 4.78 is 39.9. The maximum atomic E-state index is 13.4. The van der Waals surface area contributed by atoms with Crippen LogP contribution in [0.1, 0.15) is 30.1 Å². The summed E-state index contributed by atoms with van der Waals surface area (Å²) in [6.45, 7) is 5.47. The summed E-state index contributed by atoms with van der Waals surface area (Å²) in [5, 5.41) is 3.35. The van der Waals surface area contributed by atoms with Gasteiger partial charge in [-0.2, -0.15) is 0 Å². The molecular formula is C21H23F3N2O. The van der Waals surface area contributed by atoms with Crippen LogP contribution in [0.3, 0.4) is 0 Å². The molecule has 0 saturated carbocycles. The summed E-state index contributed by atoms with van der Waals surface area (Å²) in [5.74, 6) is -3.39. The number of hydrogen-bond donors (Lipinski definition) is 1. The van der Waals surface area contributed by atoms with Crippen LogP contribution in [0.25, 0.3) is 11.1 Å². The second kappa shape index (κ2) is 8.57. The average molecular weight is 376 g/mol. The molecule has 2 aromatic carbocycles. The molecule has 1 aliphatic rings. The highest BCUT2D eigenvalue weighted by Gasteiger charge is 2.23. The maximum Gasteiger partial charge on any atom is 0.253 e. The molecule has 0 atom stereocenters. The van der Waals surface area contributed by atoms with Crippen LogP contribution in [0.2, 0.25) is 0 Å². The number of carbonyl (C=O) groups excluding carboxylic acids is 1. The lowest BCUT2D eigenvalue weighted by Gasteiger charge is -2.32. The van der Waals surface area contributed by atoms with Gasteiger partial charge in [-0.25, -0.2) is 13.2 Å². The molecule has 0 radical (unpaired) electrons. The van der Waals surface area contributed by atoms with Crippen LogP contribution in [0.15, 0.2) is 36.4 Å². The van der Waals surface area contributed by atoms with Crippen molar-refractivity contribution in [1.82, 2.24) is 10.2 Å². The van der Waals surface area contributed by atoms with E-state index >= 15 is 0 Å². The van der Waals surface area contributed by atoms with Crippen molar-refractivity contribution in [3.63, 3.8) is 0 Å². The van der Waals surface area contributed by atoms with Crippen LogP contribution in [-0.4, -0.2) is 37.0 Å². The first-order valence-electron chi connectivity index (χ1n) is 9.24. The number of rotatable bonds is 5. The highest BCUT2D eigenvalue weighted by molar-refractivity contribution is 5.94. The lowest BCUT2D eigenvalue weighted by atomic mass is 9.96. The molecule has 3 rings (SSSR count). The third-order valence-corrected chi connectivity index (χ3v) is 5.03. The first kappa shape index (κ1) is 19.4. The number of benzene rings is 2. The molecule has 1 saturated heterocycles. The Morgan fingerprint density at radius 2 is 1.63 bits per heavy atom. The van der Waals surface area contributed by atoms with E-state index in [0.29, 0.717) is 17.0 Å². The zero-order valence-corrected chi connectivity index (χ0v) is 15.3. The summed E-state index contributed by atoms with van der Waals surface area (Å²) in [4.78, 5) is 14.5. The van der Waals surface area contributed by atoms with E-state index in [0.717, 1.165) is 51.2 Å². The van der Waals surface area contributed by atoms with Crippen LogP contribution in [-0.2, 0) is 0 Å². The van der Waals surface area contributed by atoms with E-state index in [9.17, 15) is 18.0 Å². The normalized spacial score (nSPS) is 15.2. The number of piperidine rings is 1. The summed E-state index contributed by atoms with van der Waals surface area (Å²) in [6.07, 6.45) is 1.95. The molecule has 1 fully saturated rings. The minimum atomic E-state index is -1.48. The van der Waals surface area contributed by atoms with Crippen molar-refractivity contribution in [3.8, 4) is 11.1 Å². The maximum absolute atomic E-state index is 13.4. The minimum Gasteiger partial charge on any atom is -0.339 e. The molecule has 144 valence electrons. The molecule has 1 N–H and O–H groups in total. The van der Waals surface area contributed by atoms with Crippen molar-refractivity contribution in [1.29, 1.82) is 0 Å². The quantitative estimate of drug-likeness (QED) is 0.792. The van der Waals surface area contributed by atoms with Crippen molar-refractivity contribution < 1.29 is 18.0 Å². The van der Waals surface area contributed by atoms with Crippen LogP contribution in [0.4, 0.5) is 13.2 Å². The largest absolute Gasteiger partial charge is 0.339 e. The highest BCUT2D eigenvalue weighted by Crippen LogP contribution is 2.25. The molecular weight excluding hydrogens is 353 g/mol. The number of likely N-dealkylation sites (tertiary alicyclic amines) is 1. The van der Waals surface area contributed by atoms with Crippen molar-refractivity contribution in [2.75, 3.05) is 26.2 Å². The Morgan fingerprint density at radius 1 is 1.04 bits per heavy atom. The molecule has 2 aromatic rings. The molecule has 0 spiro atoms. The third-order valence-electron chi connectivity index (χ3n) is 5.03. The molecule has 0 aromatic heterocycles. The van der Waals surface area contributed by atoms with Gasteiger partial charge in [-0.05, 0) is 67.2 Å². The second-order valence-electron chi connectivity index (χ2n) is 6.87. The molecule has 3 nitrogen and oxygen atoms in total. The Hall–Kier alpha value is -2.34. The topological polar surface area (TPSA) is 32.3 Å². The van der Waals surface area contributed by atoms with Crippen LogP contribution >= 0.6 is 0 Å². The molecule has 27 heavy (non-hydrogen) atoms. The highest BCUT2D eigenvalue weighted by atomic mass is 19.2. The zero-order valence-electron chi connectivity index (χ0n) is 15.3. The number of amides is 1. The van der Waals surface area contributed by atoms with Gasteiger partial charge in [0.05, 0.1) is 0 Å². The molecule has 0 aliphatic carbocycles. The fourth-order valence-electron chi connectivity index (χ4n) is 3.40. The smallest absolute Gasteiger partial charge is 0.253 e. The lowest BCUT2D eigenvalue weighted by molar-refractivity contribution is 0.0690. The molecule has 1 aliphatic heterocycles. The number of nitrogens with zero attached hydrogens (tertiary/aromatic N) is 1. The van der Waals surface area contributed by atoms with E-state index in [-0.39, 0.29) is 11.5 Å². The Balaban J connectivity index is 1.66. The fourth-order valence-corrected chi connectivity index (χ4v) is 3.40. The van der Waals surface area contributed by atoms with E-state index < -0.39 is 17.5 Å². The van der Waals surface area contributed by atoms with E-state index in [2.05, 4.69) is 12.2 Å². The molecule has 6 heteroatoms. The molecule has 1 heterocycles. The van der Waals surface area contributed by atoms with Crippen LogP contribution in [0, 0.1) is 23.4 Å². The van der Waals surface area contributed by atoms with E-state index in [1.807, 2.05) is 4.90 Å². The van der Waals surface area contributed by atoms with Gasteiger partial charge in [-0.3, -0.25) is 4.79 Å². The van der Waals surface area contributed by atoms with Crippen molar-refractivity contribution >= 4 is 5.91 Å². The van der Waals surface area contributed by atoms with Gasteiger partial charge in [0.15, 0.2) is 17.5 Å². The summed E-state index contributed by atoms with van der Waals surface area (Å²) >= 11 is 0. The Morgan fingerprint density at radius 3 is 2.19 bits per heavy atom.